The van der Waals surface area contributed by atoms with E-state index >= 15 is 0 Å². The zero-order chi connectivity index (χ0) is 17.2. The molecule has 4 aromatic rings. The monoisotopic (exact) mass is 350 g/mol. The Morgan fingerprint density at radius 2 is 2.04 bits per heavy atom. The van der Waals surface area contributed by atoms with Gasteiger partial charge in [0.2, 0.25) is 0 Å². The predicted octanol–water partition coefficient (Wildman–Crippen LogP) is 2.42. The number of benzene rings is 1. The lowest BCUT2D eigenvalue weighted by molar-refractivity contribution is 0.0951. The van der Waals surface area contributed by atoms with Crippen LogP contribution in [-0.2, 0) is 13.6 Å². The van der Waals surface area contributed by atoms with Crippen molar-refractivity contribution in [2.24, 2.45) is 7.05 Å². The molecule has 124 valence electrons. The van der Waals surface area contributed by atoms with Gasteiger partial charge in [-0.2, -0.15) is 13.8 Å². The first-order valence-corrected chi connectivity index (χ1v) is 8.36. The summed E-state index contributed by atoms with van der Waals surface area (Å²) in [5, 5.41) is 7.08. The van der Waals surface area contributed by atoms with E-state index in [0.717, 1.165) is 39.6 Å². The molecular formula is C17H14N6OS. The minimum atomic E-state index is -0.152. The second kappa shape index (κ2) is 6.40. The van der Waals surface area contributed by atoms with E-state index in [4.69, 9.17) is 0 Å². The first kappa shape index (κ1) is 15.4. The summed E-state index contributed by atoms with van der Waals surface area (Å²) in [7, 11) is 1.88. The van der Waals surface area contributed by atoms with Crippen LogP contribution >= 0.6 is 11.7 Å². The Bertz CT molecular complexity index is 1050. The lowest BCUT2D eigenvalue weighted by Gasteiger charge is -2.07. The third-order valence-electron chi connectivity index (χ3n) is 3.88. The van der Waals surface area contributed by atoms with E-state index in [0.29, 0.717) is 12.1 Å². The van der Waals surface area contributed by atoms with Crippen molar-refractivity contribution < 1.29 is 4.79 Å². The number of nitrogens with one attached hydrogen (secondary N) is 1. The molecule has 0 aliphatic heterocycles. The summed E-state index contributed by atoms with van der Waals surface area (Å²) < 4.78 is 10.1. The Kier molecular flexibility index (Phi) is 3.95. The fraction of sp³-hybridized carbons (Fsp3) is 0.118. The maximum absolute atomic E-state index is 12.4. The molecule has 8 heteroatoms. The molecule has 0 aliphatic rings. The zero-order valence-electron chi connectivity index (χ0n) is 13.4. The fourth-order valence-electron chi connectivity index (χ4n) is 2.59. The minimum Gasteiger partial charge on any atom is -0.348 e. The van der Waals surface area contributed by atoms with Crippen molar-refractivity contribution in [3.8, 4) is 11.3 Å². The molecule has 1 N–H and O–H groups in total. The number of nitrogens with zero attached hydrogens (tertiary/aromatic N) is 5. The zero-order valence-corrected chi connectivity index (χ0v) is 14.2. The first-order chi connectivity index (χ1) is 12.2. The highest BCUT2D eigenvalue weighted by atomic mass is 32.1. The van der Waals surface area contributed by atoms with Crippen molar-refractivity contribution in [3.63, 3.8) is 0 Å². The predicted molar refractivity (Wildman–Crippen MR) is 95.0 cm³/mol. The smallest absolute Gasteiger partial charge is 0.251 e. The lowest BCUT2D eigenvalue weighted by Crippen LogP contribution is -2.22. The van der Waals surface area contributed by atoms with Crippen molar-refractivity contribution >= 4 is 28.7 Å². The Labute approximate surface area is 147 Å². The number of aromatic nitrogens is 5. The number of amides is 1. The highest BCUT2D eigenvalue weighted by Gasteiger charge is 2.09. The summed E-state index contributed by atoms with van der Waals surface area (Å²) in [6.45, 7) is 0.394. The van der Waals surface area contributed by atoms with Gasteiger partial charge in [-0.3, -0.25) is 14.5 Å². The van der Waals surface area contributed by atoms with Gasteiger partial charge in [-0.05, 0) is 35.9 Å². The number of fused-ring (bicyclic) bond motifs is 1. The van der Waals surface area contributed by atoms with Gasteiger partial charge in [-0.15, -0.1) is 0 Å². The molecule has 25 heavy (non-hydrogen) atoms. The van der Waals surface area contributed by atoms with E-state index in [1.807, 2.05) is 19.2 Å². The van der Waals surface area contributed by atoms with E-state index in [-0.39, 0.29) is 5.91 Å². The molecule has 3 aromatic heterocycles. The molecule has 0 saturated heterocycles. The molecule has 7 nitrogen and oxygen atoms in total. The van der Waals surface area contributed by atoms with Gasteiger partial charge >= 0.3 is 0 Å². The number of hydrogen-bond acceptors (Lipinski definition) is 6. The summed E-state index contributed by atoms with van der Waals surface area (Å²) in [5.74, 6) is -0.152. The van der Waals surface area contributed by atoms with Gasteiger partial charge in [0.15, 0.2) is 0 Å². The van der Waals surface area contributed by atoms with Crippen LogP contribution < -0.4 is 5.32 Å². The molecule has 0 aliphatic carbocycles. The van der Waals surface area contributed by atoms with Crippen LogP contribution in [0.2, 0.25) is 0 Å². The first-order valence-electron chi connectivity index (χ1n) is 7.63. The van der Waals surface area contributed by atoms with Crippen LogP contribution in [0, 0.1) is 0 Å². The van der Waals surface area contributed by atoms with Gasteiger partial charge in [-0.25, -0.2) is 0 Å². The normalized spacial score (nSPS) is 10.9. The largest absolute Gasteiger partial charge is 0.348 e. The number of pyridine rings is 1. The van der Waals surface area contributed by atoms with Crippen molar-refractivity contribution in [2.45, 2.75) is 6.54 Å². The van der Waals surface area contributed by atoms with E-state index in [9.17, 15) is 4.79 Å². The number of hydrogen-bond donors (Lipinski definition) is 1. The van der Waals surface area contributed by atoms with Gasteiger partial charge in [0.25, 0.3) is 5.91 Å². The summed E-state index contributed by atoms with van der Waals surface area (Å²) >= 11 is 1.14. The van der Waals surface area contributed by atoms with Crippen molar-refractivity contribution in [2.75, 3.05) is 0 Å². The SMILES string of the molecule is Cn1nccc1-c1cncc(CNC(=O)c2ccc3nsnc3c2)c1. The molecule has 0 unspecified atom stereocenters. The standard InChI is InChI=1S/C17H14N6OS/c1-23-16(4-5-20-23)13-6-11(8-18-10-13)9-19-17(24)12-2-3-14-15(7-12)22-25-21-14/h2-8,10H,9H2,1H3,(H,19,24). The number of carbonyl (C=O) groups excluding carboxylic acids is 1. The van der Waals surface area contributed by atoms with Gasteiger partial charge in [-0.1, -0.05) is 0 Å². The van der Waals surface area contributed by atoms with Crippen LogP contribution in [0.15, 0.2) is 48.9 Å². The highest BCUT2D eigenvalue weighted by Crippen LogP contribution is 2.18. The van der Waals surface area contributed by atoms with E-state index in [1.54, 1.807) is 41.5 Å². The molecule has 1 amide bonds. The Morgan fingerprint density at radius 1 is 1.16 bits per heavy atom. The summed E-state index contributed by atoms with van der Waals surface area (Å²) in [6.07, 6.45) is 5.27. The average molecular weight is 350 g/mol. The molecule has 0 fully saturated rings. The average Bonchev–Trinajstić information content (AvgIpc) is 3.27. The van der Waals surface area contributed by atoms with E-state index < -0.39 is 0 Å². The topological polar surface area (TPSA) is 85.6 Å². The summed E-state index contributed by atoms with van der Waals surface area (Å²) in [5.41, 5.74) is 4.95. The molecule has 4 rings (SSSR count). The minimum absolute atomic E-state index is 0.152. The molecule has 0 radical (unpaired) electrons. The third-order valence-corrected chi connectivity index (χ3v) is 4.44. The van der Waals surface area contributed by atoms with E-state index in [2.05, 4.69) is 24.1 Å². The molecule has 1 aromatic carbocycles. The quantitative estimate of drug-likeness (QED) is 0.611. The lowest BCUT2D eigenvalue weighted by atomic mass is 10.1. The second-order valence-corrected chi connectivity index (χ2v) is 6.10. The van der Waals surface area contributed by atoms with Crippen LogP contribution in [0.5, 0.6) is 0 Å². The summed E-state index contributed by atoms with van der Waals surface area (Å²) in [4.78, 5) is 16.6. The maximum atomic E-state index is 12.4. The molecule has 0 atom stereocenters. The van der Waals surface area contributed by atoms with Crippen LogP contribution in [-0.4, -0.2) is 29.4 Å². The fourth-order valence-corrected chi connectivity index (χ4v) is 3.11. The number of aryl methyl sites for hydroxylation is 1. The van der Waals surface area contributed by atoms with E-state index in [1.165, 1.54) is 0 Å². The van der Waals surface area contributed by atoms with Gasteiger partial charge in [0, 0.05) is 43.3 Å². The summed E-state index contributed by atoms with van der Waals surface area (Å²) in [6, 6.07) is 9.23. The van der Waals surface area contributed by atoms with Gasteiger partial charge in [0.05, 0.1) is 17.4 Å². The molecule has 0 spiro atoms. The Hall–Kier alpha value is -3.13. The van der Waals surface area contributed by atoms with Crippen LogP contribution in [0.1, 0.15) is 15.9 Å². The third kappa shape index (κ3) is 3.11. The number of carbonyl (C=O) groups is 1. The second-order valence-electron chi connectivity index (χ2n) is 5.57. The molecule has 0 bridgehead atoms. The van der Waals surface area contributed by atoms with Crippen LogP contribution in [0.3, 0.4) is 0 Å². The molecule has 3 heterocycles. The van der Waals surface area contributed by atoms with Gasteiger partial charge < -0.3 is 5.32 Å². The molecular weight excluding hydrogens is 336 g/mol. The maximum Gasteiger partial charge on any atom is 0.251 e. The Morgan fingerprint density at radius 3 is 2.88 bits per heavy atom. The Balaban J connectivity index is 1.49. The highest BCUT2D eigenvalue weighted by molar-refractivity contribution is 7.00. The van der Waals surface area contributed by atoms with Crippen LogP contribution in [0.4, 0.5) is 0 Å². The number of rotatable bonds is 4. The van der Waals surface area contributed by atoms with Gasteiger partial charge in [0.1, 0.15) is 11.0 Å². The molecule has 0 saturated carbocycles. The van der Waals surface area contributed by atoms with Crippen molar-refractivity contribution in [1.29, 1.82) is 0 Å². The van der Waals surface area contributed by atoms with Crippen molar-refractivity contribution in [3.05, 3.63) is 60.0 Å². The van der Waals surface area contributed by atoms with Crippen molar-refractivity contribution in [1.82, 2.24) is 28.8 Å². The van der Waals surface area contributed by atoms with Crippen LogP contribution in [0.25, 0.3) is 22.3 Å².